The van der Waals surface area contributed by atoms with Crippen molar-refractivity contribution in [3.63, 3.8) is 0 Å². The molecule has 1 heterocycles. The summed E-state index contributed by atoms with van der Waals surface area (Å²) >= 11 is 1.65. The van der Waals surface area contributed by atoms with Gasteiger partial charge in [0.15, 0.2) is 0 Å². The lowest BCUT2D eigenvalue weighted by molar-refractivity contribution is -0.131. The van der Waals surface area contributed by atoms with E-state index in [2.05, 4.69) is 59.6 Å². The van der Waals surface area contributed by atoms with Crippen molar-refractivity contribution in [1.82, 2.24) is 10.2 Å². The Balaban J connectivity index is 1.63. The summed E-state index contributed by atoms with van der Waals surface area (Å²) in [6.45, 7) is 5.07. The molecule has 0 radical (unpaired) electrons. The number of piperidine rings is 1. The molecule has 24 heavy (non-hydrogen) atoms. The molecule has 1 N–H and O–H groups in total. The van der Waals surface area contributed by atoms with Crippen molar-refractivity contribution >= 4 is 28.4 Å². The molecule has 0 spiro atoms. The summed E-state index contributed by atoms with van der Waals surface area (Å²) in [5, 5.41) is 5.86. The van der Waals surface area contributed by atoms with Crippen LogP contribution in [0, 0.1) is 0 Å². The van der Waals surface area contributed by atoms with Crippen LogP contribution >= 0.6 is 11.8 Å². The number of thioether (sulfide) groups is 1. The second-order valence-corrected chi connectivity index (χ2v) is 7.41. The third-order valence-electron chi connectivity index (χ3n) is 4.62. The second kappa shape index (κ2) is 8.54. The molecule has 4 heteroatoms. The Kier molecular flexibility index (Phi) is 6.16. The van der Waals surface area contributed by atoms with Crippen LogP contribution in [0.1, 0.15) is 26.2 Å². The van der Waals surface area contributed by atoms with Crippen LogP contribution in [0.25, 0.3) is 10.8 Å². The molecule has 3 rings (SSSR count). The molecule has 1 saturated heterocycles. The number of carbonyl (C=O) groups excluding carboxylic acids is 1. The molecule has 0 atom stereocenters. The average molecular weight is 343 g/mol. The summed E-state index contributed by atoms with van der Waals surface area (Å²) in [4.78, 5) is 16.0. The molecular formula is C20H26N2OS. The first-order chi connectivity index (χ1) is 11.8. The minimum absolute atomic E-state index is 0.280. The van der Waals surface area contributed by atoms with Gasteiger partial charge in [0, 0.05) is 17.5 Å². The molecular weight excluding hydrogens is 316 g/mol. The summed E-state index contributed by atoms with van der Waals surface area (Å²) < 4.78 is 0. The molecule has 2 aromatic carbocycles. The van der Waals surface area contributed by atoms with Gasteiger partial charge in [-0.1, -0.05) is 37.3 Å². The van der Waals surface area contributed by atoms with Crippen molar-refractivity contribution in [3.05, 3.63) is 42.5 Å². The van der Waals surface area contributed by atoms with Crippen molar-refractivity contribution in [2.24, 2.45) is 0 Å². The first-order valence-corrected chi connectivity index (χ1v) is 9.88. The monoisotopic (exact) mass is 342 g/mol. The summed E-state index contributed by atoms with van der Waals surface area (Å²) in [5.74, 6) is 0.810. The Hall–Kier alpha value is -1.52. The van der Waals surface area contributed by atoms with Crippen LogP contribution in [0.15, 0.2) is 47.4 Å². The largest absolute Gasteiger partial charge is 0.339 e. The molecule has 1 amide bonds. The van der Waals surface area contributed by atoms with Crippen LogP contribution in [0.2, 0.25) is 0 Å². The van der Waals surface area contributed by atoms with E-state index in [-0.39, 0.29) is 5.91 Å². The average Bonchev–Trinajstić information content (AvgIpc) is 2.64. The first kappa shape index (κ1) is 17.3. The van der Waals surface area contributed by atoms with Crippen molar-refractivity contribution < 1.29 is 4.79 Å². The Morgan fingerprint density at radius 3 is 2.67 bits per heavy atom. The van der Waals surface area contributed by atoms with Crippen LogP contribution in [0.3, 0.4) is 0 Å². The van der Waals surface area contributed by atoms with Gasteiger partial charge in [0.1, 0.15) is 0 Å². The number of carbonyl (C=O) groups is 1. The number of nitrogens with zero attached hydrogens (tertiary/aromatic N) is 1. The topological polar surface area (TPSA) is 32.3 Å². The lowest BCUT2D eigenvalue weighted by Gasteiger charge is -2.34. The maximum atomic E-state index is 12.8. The number of amides is 1. The number of hydrogen-bond acceptors (Lipinski definition) is 3. The number of benzene rings is 2. The van der Waals surface area contributed by atoms with Crippen molar-refractivity contribution in [1.29, 1.82) is 0 Å². The fourth-order valence-corrected chi connectivity index (χ4v) is 4.19. The smallest absolute Gasteiger partial charge is 0.233 e. The maximum absolute atomic E-state index is 12.8. The molecule has 0 aliphatic carbocycles. The zero-order valence-electron chi connectivity index (χ0n) is 14.3. The lowest BCUT2D eigenvalue weighted by atomic mass is 10.0. The molecule has 1 aliphatic rings. The van der Waals surface area contributed by atoms with Gasteiger partial charge in [-0.05, 0) is 55.3 Å². The van der Waals surface area contributed by atoms with Crippen LogP contribution in [-0.4, -0.2) is 42.2 Å². The van der Waals surface area contributed by atoms with E-state index in [1.807, 2.05) is 0 Å². The van der Waals surface area contributed by atoms with Crippen LogP contribution < -0.4 is 5.32 Å². The van der Waals surface area contributed by atoms with Crippen molar-refractivity contribution in [2.45, 2.75) is 37.1 Å². The maximum Gasteiger partial charge on any atom is 0.233 e. The van der Waals surface area contributed by atoms with E-state index >= 15 is 0 Å². The normalized spacial score (nSPS) is 15.5. The fourth-order valence-electron chi connectivity index (χ4n) is 3.36. The van der Waals surface area contributed by atoms with Crippen molar-refractivity contribution in [3.8, 4) is 0 Å². The highest BCUT2D eigenvalue weighted by atomic mass is 32.2. The minimum atomic E-state index is 0.280. The van der Waals surface area contributed by atoms with Gasteiger partial charge in [-0.15, -0.1) is 11.8 Å². The standard InChI is InChI=1S/C20H26N2OS/c1-2-13-22(18-9-11-21-12-10-18)20(23)15-24-19-8-7-16-5-3-4-6-17(16)14-19/h3-8,14,18,21H,2,9-13,15H2,1H3. The fraction of sp³-hybridized carbons (Fsp3) is 0.450. The Morgan fingerprint density at radius 1 is 1.17 bits per heavy atom. The summed E-state index contributed by atoms with van der Waals surface area (Å²) in [5.41, 5.74) is 0. The van der Waals surface area contributed by atoms with Gasteiger partial charge in [0.25, 0.3) is 0 Å². The van der Waals surface area contributed by atoms with Crippen LogP contribution in [0.5, 0.6) is 0 Å². The van der Waals surface area contributed by atoms with Crippen molar-refractivity contribution in [2.75, 3.05) is 25.4 Å². The van der Waals surface area contributed by atoms with E-state index in [4.69, 9.17) is 0 Å². The predicted molar refractivity (Wildman–Crippen MR) is 103 cm³/mol. The van der Waals surface area contributed by atoms with E-state index in [0.29, 0.717) is 11.8 Å². The second-order valence-electron chi connectivity index (χ2n) is 6.37. The Labute approximate surface area is 148 Å². The van der Waals surface area contributed by atoms with Gasteiger partial charge in [0.05, 0.1) is 5.75 Å². The highest BCUT2D eigenvalue weighted by Gasteiger charge is 2.24. The molecule has 3 nitrogen and oxygen atoms in total. The molecule has 0 saturated carbocycles. The van der Waals surface area contributed by atoms with Gasteiger partial charge in [-0.3, -0.25) is 4.79 Å². The molecule has 1 aliphatic heterocycles. The first-order valence-electron chi connectivity index (χ1n) is 8.89. The predicted octanol–water partition coefficient (Wildman–Crippen LogP) is 3.92. The summed E-state index contributed by atoms with van der Waals surface area (Å²) in [6, 6.07) is 15.2. The highest BCUT2D eigenvalue weighted by Crippen LogP contribution is 2.24. The SMILES string of the molecule is CCCN(C(=O)CSc1ccc2ccccc2c1)C1CCNCC1. The number of fused-ring (bicyclic) bond motifs is 1. The van der Waals surface area contributed by atoms with Gasteiger partial charge < -0.3 is 10.2 Å². The molecule has 0 bridgehead atoms. The molecule has 2 aromatic rings. The number of nitrogens with one attached hydrogen (secondary N) is 1. The molecule has 128 valence electrons. The zero-order valence-corrected chi connectivity index (χ0v) is 15.1. The highest BCUT2D eigenvalue weighted by molar-refractivity contribution is 8.00. The third kappa shape index (κ3) is 4.31. The van der Waals surface area contributed by atoms with Gasteiger partial charge in [0.2, 0.25) is 5.91 Å². The number of rotatable bonds is 6. The zero-order chi connectivity index (χ0) is 16.8. The van der Waals surface area contributed by atoms with E-state index in [9.17, 15) is 4.79 Å². The van der Waals surface area contributed by atoms with E-state index in [0.717, 1.165) is 38.9 Å². The quantitative estimate of drug-likeness (QED) is 0.808. The number of hydrogen-bond donors (Lipinski definition) is 1. The summed E-state index contributed by atoms with van der Waals surface area (Å²) in [7, 11) is 0. The minimum Gasteiger partial charge on any atom is -0.339 e. The third-order valence-corrected chi connectivity index (χ3v) is 5.60. The Bertz CT molecular complexity index is 682. The van der Waals surface area contributed by atoms with Gasteiger partial charge in [-0.25, -0.2) is 0 Å². The molecule has 1 fully saturated rings. The van der Waals surface area contributed by atoms with Crippen LogP contribution in [-0.2, 0) is 4.79 Å². The van der Waals surface area contributed by atoms with E-state index < -0.39 is 0 Å². The lowest BCUT2D eigenvalue weighted by Crippen LogP contribution is -2.47. The van der Waals surface area contributed by atoms with Crippen LogP contribution in [0.4, 0.5) is 0 Å². The summed E-state index contributed by atoms with van der Waals surface area (Å²) in [6.07, 6.45) is 3.18. The Morgan fingerprint density at radius 2 is 1.92 bits per heavy atom. The van der Waals surface area contributed by atoms with Gasteiger partial charge >= 0.3 is 0 Å². The van der Waals surface area contributed by atoms with Gasteiger partial charge in [-0.2, -0.15) is 0 Å². The molecule has 0 aromatic heterocycles. The molecule has 0 unspecified atom stereocenters. The van der Waals surface area contributed by atoms with E-state index in [1.54, 1.807) is 11.8 Å². The van der Waals surface area contributed by atoms with E-state index in [1.165, 1.54) is 15.7 Å².